The van der Waals surface area contributed by atoms with Gasteiger partial charge < -0.3 is 20.2 Å². The highest BCUT2D eigenvalue weighted by atomic mass is 16.5. The molecule has 1 aliphatic rings. The number of piperidine rings is 1. The maximum absolute atomic E-state index is 11.3. The van der Waals surface area contributed by atoms with E-state index in [0.29, 0.717) is 40.2 Å². The van der Waals surface area contributed by atoms with Crippen molar-refractivity contribution in [1.82, 2.24) is 14.9 Å². The minimum atomic E-state index is -0.414. The van der Waals surface area contributed by atoms with Gasteiger partial charge in [0.05, 0.1) is 17.9 Å². The van der Waals surface area contributed by atoms with Crippen LogP contribution in [0.1, 0.15) is 45.5 Å². The van der Waals surface area contributed by atoms with Crippen LogP contribution in [0.15, 0.2) is 65.3 Å². The minimum Gasteiger partial charge on any atom is -0.463 e. The van der Waals surface area contributed by atoms with E-state index in [4.69, 9.17) is 19.9 Å². The summed E-state index contributed by atoms with van der Waals surface area (Å²) in [4.78, 5) is 23.1. The van der Waals surface area contributed by atoms with Crippen LogP contribution >= 0.6 is 0 Å². The number of carbonyl (C=O) groups excluding carboxylic acids is 1. The number of furan rings is 1. The summed E-state index contributed by atoms with van der Waals surface area (Å²) in [6.45, 7) is 6.48. The lowest BCUT2D eigenvalue weighted by Crippen LogP contribution is -2.39. The summed E-state index contributed by atoms with van der Waals surface area (Å²) in [6, 6.07) is 18.9. The van der Waals surface area contributed by atoms with Gasteiger partial charge >= 0.3 is 0 Å². The number of hydrogen-bond donors (Lipinski definition) is 2. The van der Waals surface area contributed by atoms with Crippen LogP contribution in [0.25, 0.3) is 11.5 Å². The highest BCUT2D eigenvalue weighted by Gasteiger charge is 2.21. The number of rotatable bonds is 8. The van der Waals surface area contributed by atoms with Crippen LogP contribution in [0.2, 0.25) is 0 Å². The normalized spacial score (nSPS) is 14.1. The van der Waals surface area contributed by atoms with Gasteiger partial charge in [0.15, 0.2) is 5.76 Å². The molecule has 1 aliphatic heterocycles. The van der Waals surface area contributed by atoms with Gasteiger partial charge in [-0.05, 0) is 79.8 Å². The maximum Gasteiger partial charge on any atom is 0.248 e. The quantitative estimate of drug-likeness (QED) is 0.323. The molecule has 1 fully saturated rings. The number of likely N-dealkylation sites (tertiary alicyclic amines) is 1. The van der Waals surface area contributed by atoms with Crippen molar-refractivity contribution in [2.45, 2.75) is 39.3 Å². The molecule has 0 saturated carbocycles. The Morgan fingerprint density at radius 2 is 1.85 bits per heavy atom. The van der Waals surface area contributed by atoms with Crippen molar-refractivity contribution < 1.29 is 13.9 Å². The van der Waals surface area contributed by atoms with Gasteiger partial charge in [-0.25, -0.2) is 4.98 Å². The number of aromatic nitrogens is 2. The Morgan fingerprint density at radius 3 is 2.46 bits per heavy atom. The second kappa shape index (κ2) is 11.4. The third-order valence-electron chi connectivity index (χ3n) is 6.84. The maximum atomic E-state index is 11.3. The summed E-state index contributed by atoms with van der Waals surface area (Å²) < 4.78 is 11.8. The number of amides is 1. The Labute approximate surface area is 227 Å². The average Bonchev–Trinajstić information content (AvgIpc) is 3.47. The Balaban J connectivity index is 1.28. The van der Waals surface area contributed by atoms with Crippen molar-refractivity contribution in [2.24, 2.45) is 5.73 Å². The van der Waals surface area contributed by atoms with Gasteiger partial charge in [-0.15, -0.1) is 0 Å². The van der Waals surface area contributed by atoms with E-state index < -0.39 is 5.91 Å². The fourth-order valence-electron chi connectivity index (χ4n) is 4.82. The number of primary amides is 1. The lowest BCUT2D eigenvalue weighted by atomic mass is 10.0. The number of nitrogens with one attached hydrogen (secondary N) is 1. The van der Waals surface area contributed by atoms with Crippen molar-refractivity contribution >= 4 is 11.9 Å². The molecule has 2 aromatic heterocycles. The molecule has 0 radical (unpaired) electrons. The summed E-state index contributed by atoms with van der Waals surface area (Å²) in [5, 5.41) is 12.8. The molecule has 0 unspecified atom stereocenters. The number of ether oxygens (including phenoxy) is 1. The number of carbonyl (C=O) groups is 1. The van der Waals surface area contributed by atoms with Crippen LogP contribution in [0, 0.1) is 25.2 Å². The van der Waals surface area contributed by atoms with Crippen LogP contribution in [-0.4, -0.2) is 39.9 Å². The van der Waals surface area contributed by atoms with Crippen LogP contribution in [0.3, 0.4) is 0 Å². The van der Waals surface area contributed by atoms with Crippen LogP contribution in [-0.2, 0) is 6.54 Å². The van der Waals surface area contributed by atoms with Crippen molar-refractivity contribution in [3.63, 3.8) is 0 Å². The van der Waals surface area contributed by atoms with Gasteiger partial charge in [-0.2, -0.15) is 10.2 Å². The zero-order valence-electron chi connectivity index (χ0n) is 22.0. The molecule has 0 atom stereocenters. The predicted octanol–water partition coefficient (Wildman–Crippen LogP) is 5.19. The fourth-order valence-corrected chi connectivity index (χ4v) is 4.82. The molecule has 5 rings (SSSR count). The largest absolute Gasteiger partial charge is 0.463 e. The SMILES string of the molecule is Cc1cc(C#N)cc(C)c1Oc1cc(-c2ccco2)nc(NC2CCN(Cc3ccc(C(N)=O)cc3)CC2)n1. The predicted molar refractivity (Wildman–Crippen MR) is 147 cm³/mol. The highest BCUT2D eigenvalue weighted by molar-refractivity contribution is 5.92. The smallest absolute Gasteiger partial charge is 0.248 e. The third-order valence-corrected chi connectivity index (χ3v) is 6.84. The molecule has 1 saturated heterocycles. The van der Waals surface area contributed by atoms with Crippen LogP contribution in [0.5, 0.6) is 11.6 Å². The van der Waals surface area contributed by atoms with Crippen LogP contribution in [0.4, 0.5) is 5.95 Å². The number of benzene rings is 2. The number of nitrogens with zero attached hydrogens (tertiary/aromatic N) is 4. The Kier molecular flexibility index (Phi) is 7.57. The van der Waals surface area contributed by atoms with Crippen LogP contribution < -0.4 is 15.8 Å². The molecular weight excluding hydrogens is 492 g/mol. The summed E-state index contributed by atoms with van der Waals surface area (Å²) >= 11 is 0. The van der Waals surface area contributed by atoms with E-state index in [1.54, 1.807) is 36.6 Å². The lowest BCUT2D eigenvalue weighted by Gasteiger charge is -2.32. The van der Waals surface area contributed by atoms with Gasteiger partial charge in [0.2, 0.25) is 17.7 Å². The summed E-state index contributed by atoms with van der Waals surface area (Å²) in [5.41, 5.74) is 9.94. The van der Waals surface area contributed by atoms with E-state index in [1.165, 1.54) is 0 Å². The zero-order valence-corrected chi connectivity index (χ0v) is 22.0. The zero-order chi connectivity index (χ0) is 27.4. The summed E-state index contributed by atoms with van der Waals surface area (Å²) in [7, 11) is 0. The van der Waals surface area contributed by atoms with Crippen molar-refractivity contribution in [1.29, 1.82) is 5.26 Å². The standard InChI is InChI=1S/C30H30N6O3/c1-19-14-22(17-31)15-20(2)28(19)39-27-16-25(26-4-3-13-38-26)34-30(35-27)33-24-9-11-36(12-10-24)18-21-5-7-23(8-6-21)29(32)37/h3-8,13-16,24H,9-12,18H2,1-2H3,(H2,32,37)(H,33,34,35). The van der Waals surface area contributed by atoms with E-state index >= 15 is 0 Å². The molecule has 2 aromatic carbocycles. The second-order valence-corrected chi connectivity index (χ2v) is 9.80. The second-order valence-electron chi connectivity index (χ2n) is 9.80. The molecule has 0 spiro atoms. The molecule has 4 aromatic rings. The fraction of sp³-hybridized carbons (Fsp3) is 0.267. The Hall–Kier alpha value is -4.68. The number of nitriles is 1. The summed E-state index contributed by atoms with van der Waals surface area (Å²) in [5.74, 6) is 1.74. The molecule has 9 heteroatoms. The van der Waals surface area contributed by atoms with E-state index in [9.17, 15) is 10.1 Å². The first-order chi connectivity index (χ1) is 18.9. The lowest BCUT2D eigenvalue weighted by molar-refractivity contribution is 0.1000. The molecule has 9 nitrogen and oxygen atoms in total. The molecule has 0 aliphatic carbocycles. The summed E-state index contributed by atoms with van der Waals surface area (Å²) in [6.07, 6.45) is 3.46. The first-order valence-corrected chi connectivity index (χ1v) is 12.9. The van der Waals surface area contributed by atoms with E-state index in [1.807, 2.05) is 38.1 Å². The first kappa shape index (κ1) is 25.9. The van der Waals surface area contributed by atoms with Crippen molar-refractivity contribution in [2.75, 3.05) is 18.4 Å². The number of aryl methyl sites for hydroxylation is 2. The Morgan fingerprint density at radius 1 is 1.13 bits per heavy atom. The van der Waals surface area contributed by atoms with Crippen molar-refractivity contribution in [3.05, 3.63) is 88.7 Å². The van der Waals surface area contributed by atoms with Gasteiger partial charge in [-0.3, -0.25) is 9.69 Å². The van der Waals surface area contributed by atoms with Crippen molar-refractivity contribution in [3.8, 4) is 29.2 Å². The molecule has 0 bridgehead atoms. The number of hydrogen-bond acceptors (Lipinski definition) is 8. The average molecular weight is 523 g/mol. The van der Waals surface area contributed by atoms with Gasteiger partial charge in [0.25, 0.3) is 0 Å². The van der Waals surface area contributed by atoms with E-state index in [2.05, 4.69) is 21.3 Å². The third kappa shape index (κ3) is 6.25. The number of nitrogens with two attached hydrogens (primary N) is 1. The Bertz CT molecular complexity index is 1480. The van der Waals surface area contributed by atoms with Gasteiger partial charge in [0, 0.05) is 37.3 Å². The van der Waals surface area contributed by atoms with Gasteiger partial charge in [-0.1, -0.05) is 12.1 Å². The molecule has 39 heavy (non-hydrogen) atoms. The highest BCUT2D eigenvalue weighted by Crippen LogP contribution is 2.32. The molecule has 198 valence electrons. The number of anilines is 1. The molecule has 3 heterocycles. The molecule has 3 N–H and O–H groups in total. The topological polar surface area (TPSA) is 130 Å². The monoisotopic (exact) mass is 522 g/mol. The van der Waals surface area contributed by atoms with E-state index in [-0.39, 0.29) is 6.04 Å². The minimum absolute atomic E-state index is 0.205. The molecule has 1 amide bonds. The van der Waals surface area contributed by atoms with E-state index in [0.717, 1.165) is 49.2 Å². The molecular formula is C30H30N6O3. The first-order valence-electron chi connectivity index (χ1n) is 12.9. The van der Waals surface area contributed by atoms with Gasteiger partial charge in [0.1, 0.15) is 11.4 Å².